The molecule has 1 aromatic carbocycles. The van der Waals surface area contributed by atoms with Gasteiger partial charge in [0.1, 0.15) is 18.5 Å². The standard InChI is InChI=1S/C15H24N2O4.ClH/c1-3-19-10-11-20-12(2)15(18)17-13-4-6-14(7-5-13)21-9-8-16;/h4-7,12H,3,8-11,16H2,1-2H3,(H,17,18);1H. The average Bonchev–Trinajstić information content (AvgIpc) is 2.50. The van der Waals surface area contributed by atoms with Crippen LogP contribution in [-0.4, -0.2) is 45.0 Å². The predicted octanol–water partition coefficient (Wildman–Crippen LogP) is 1.83. The van der Waals surface area contributed by atoms with E-state index in [9.17, 15) is 4.79 Å². The number of halogens is 1. The second kappa shape index (κ2) is 12.2. The molecule has 0 fully saturated rings. The number of amides is 1. The van der Waals surface area contributed by atoms with Gasteiger partial charge in [0.05, 0.1) is 13.2 Å². The number of carbonyl (C=O) groups excluding carboxylic acids is 1. The fraction of sp³-hybridized carbons (Fsp3) is 0.533. The number of anilines is 1. The van der Waals surface area contributed by atoms with E-state index >= 15 is 0 Å². The predicted molar refractivity (Wildman–Crippen MR) is 88.8 cm³/mol. The van der Waals surface area contributed by atoms with Gasteiger partial charge in [-0.25, -0.2) is 0 Å². The summed E-state index contributed by atoms with van der Waals surface area (Å²) in [6, 6.07) is 7.12. The van der Waals surface area contributed by atoms with E-state index in [1.165, 1.54) is 0 Å². The molecule has 3 N–H and O–H groups in total. The van der Waals surface area contributed by atoms with Gasteiger partial charge in [-0.3, -0.25) is 4.79 Å². The number of benzene rings is 1. The first kappa shape index (κ1) is 20.7. The van der Waals surface area contributed by atoms with Gasteiger partial charge in [-0.05, 0) is 38.1 Å². The van der Waals surface area contributed by atoms with E-state index in [-0.39, 0.29) is 18.3 Å². The Morgan fingerprint density at radius 1 is 1.23 bits per heavy atom. The second-order valence-corrected chi connectivity index (χ2v) is 4.36. The summed E-state index contributed by atoms with van der Waals surface area (Å²) < 4.78 is 15.9. The molecule has 1 atom stereocenters. The number of hydrogen-bond acceptors (Lipinski definition) is 5. The van der Waals surface area contributed by atoms with Gasteiger partial charge in [0.25, 0.3) is 5.91 Å². The van der Waals surface area contributed by atoms with Crippen molar-refractivity contribution in [3.63, 3.8) is 0 Å². The molecule has 22 heavy (non-hydrogen) atoms. The van der Waals surface area contributed by atoms with E-state index in [4.69, 9.17) is 19.9 Å². The molecule has 6 nitrogen and oxygen atoms in total. The smallest absolute Gasteiger partial charge is 0.253 e. The van der Waals surface area contributed by atoms with Crippen molar-refractivity contribution in [1.29, 1.82) is 0 Å². The molecule has 126 valence electrons. The molecule has 1 unspecified atom stereocenters. The average molecular weight is 333 g/mol. The zero-order valence-corrected chi connectivity index (χ0v) is 13.9. The van der Waals surface area contributed by atoms with Crippen LogP contribution in [0, 0.1) is 0 Å². The molecule has 0 aliphatic carbocycles. The molecule has 1 rings (SSSR count). The summed E-state index contributed by atoms with van der Waals surface area (Å²) in [6.45, 7) is 6.08. The molecule has 0 saturated carbocycles. The number of hydrogen-bond donors (Lipinski definition) is 2. The summed E-state index contributed by atoms with van der Waals surface area (Å²) in [5.41, 5.74) is 6.05. The van der Waals surface area contributed by atoms with Crippen molar-refractivity contribution in [3.8, 4) is 5.75 Å². The van der Waals surface area contributed by atoms with Gasteiger partial charge in [-0.15, -0.1) is 12.4 Å². The third-order valence-corrected chi connectivity index (χ3v) is 2.68. The molecule has 1 aromatic rings. The van der Waals surface area contributed by atoms with E-state index in [2.05, 4.69) is 5.32 Å². The van der Waals surface area contributed by atoms with Gasteiger partial charge < -0.3 is 25.3 Å². The Hall–Kier alpha value is -1.34. The maximum Gasteiger partial charge on any atom is 0.253 e. The topological polar surface area (TPSA) is 82.8 Å². The van der Waals surface area contributed by atoms with Crippen LogP contribution in [-0.2, 0) is 14.3 Å². The van der Waals surface area contributed by atoms with Gasteiger partial charge in [-0.2, -0.15) is 0 Å². The number of nitrogens with one attached hydrogen (secondary N) is 1. The fourth-order valence-electron chi connectivity index (χ4n) is 1.56. The first-order chi connectivity index (χ1) is 10.2. The zero-order valence-electron chi connectivity index (χ0n) is 13.0. The highest BCUT2D eigenvalue weighted by molar-refractivity contribution is 5.93. The molecule has 0 heterocycles. The van der Waals surface area contributed by atoms with Crippen LogP contribution in [0.2, 0.25) is 0 Å². The SMILES string of the molecule is CCOCCOC(C)C(=O)Nc1ccc(OCCN)cc1.Cl. The van der Waals surface area contributed by atoms with Crippen LogP contribution in [0.5, 0.6) is 5.75 Å². The summed E-state index contributed by atoms with van der Waals surface area (Å²) in [5.74, 6) is 0.529. The van der Waals surface area contributed by atoms with Crippen molar-refractivity contribution in [2.45, 2.75) is 20.0 Å². The molecule has 0 radical (unpaired) electrons. The lowest BCUT2D eigenvalue weighted by Gasteiger charge is -2.13. The molecule has 0 spiro atoms. The Balaban J connectivity index is 0.00000441. The quantitative estimate of drug-likeness (QED) is 0.639. The van der Waals surface area contributed by atoms with Crippen molar-refractivity contribution >= 4 is 24.0 Å². The lowest BCUT2D eigenvalue weighted by Crippen LogP contribution is -2.28. The number of ether oxygens (including phenoxy) is 3. The van der Waals surface area contributed by atoms with E-state index < -0.39 is 6.10 Å². The second-order valence-electron chi connectivity index (χ2n) is 4.36. The summed E-state index contributed by atoms with van der Waals surface area (Å²) >= 11 is 0. The first-order valence-electron chi connectivity index (χ1n) is 7.10. The highest BCUT2D eigenvalue weighted by Crippen LogP contribution is 2.15. The van der Waals surface area contributed by atoms with Crippen molar-refractivity contribution in [2.75, 3.05) is 38.3 Å². The van der Waals surface area contributed by atoms with Crippen LogP contribution < -0.4 is 15.8 Å². The minimum atomic E-state index is -0.529. The molecular formula is C15H25ClN2O4. The first-order valence-corrected chi connectivity index (χ1v) is 7.10. The lowest BCUT2D eigenvalue weighted by molar-refractivity contribution is -0.127. The van der Waals surface area contributed by atoms with Crippen LogP contribution in [0.3, 0.4) is 0 Å². The summed E-state index contributed by atoms with van der Waals surface area (Å²) in [4.78, 5) is 11.9. The van der Waals surface area contributed by atoms with Crippen LogP contribution in [0.4, 0.5) is 5.69 Å². The van der Waals surface area contributed by atoms with Gasteiger partial charge in [-0.1, -0.05) is 0 Å². The maximum absolute atomic E-state index is 11.9. The largest absolute Gasteiger partial charge is 0.492 e. The monoisotopic (exact) mass is 332 g/mol. The van der Waals surface area contributed by atoms with Gasteiger partial charge in [0.2, 0.25) is 0 Å². The molecular weight excluding hydrogens is 308 g/mol. The van der Waals surface area contributed by atoms with Crippen molar-refractivity contribution in [1.82, 2.24) is 0 Å². The van der Waals surface area contributed by atoms with E-state index in [1.54, 1.807) is 31.2 Å². The Kier molecular flexibility index (Phi) is 11.5. The summed E-state index contributed by atoms with van der Waals surface area (Å²) in [6.07, 6.45) is -0.529. The Labute approximate surface area is 137 Å². The minimum Gasteiger partial charge on any atom is -0.492 e. The maximum atomic E-state index is 11.9. The van der Waals surface area contributed by atoms with Crippen LogP contribution >= 0.6 is 12.4 Å². The van der Waals surface area contributed by atoms with Gasteiger partial charge in [0.15, 0.2) is 0 Å². The Bertz CT molecular complexity index is 415. The van der Waals surface area contributed by atoms with Crippen molar-refractivity contribution < 1.29 is 19.0 Å². The highest BCUT2D eigenvalue weighted by atomic mass is 35.5. The van der Waals surface area contributed by atoms with Crippen molar-refractivity contribution in [3.05, 3.63) is 24.3 Å². The summed E-state index contributed by atoms with van der Waals surface area (Å²) in [7, 11) is 0. The third-order valence-electron chi connectivity index (χ3n) is 2.68. The molecule has 0 aliphatic rings. The van der Waals surface area contributed by atoms with E-state index in [0.717, 1.165) is 5.75 Å². The number of carbonyl (C=O) groups is 1. The number of rotatable bonds is 10. The summed E-state index contributed by atoms with van der Waals surface area (Å²) in [5, 5.41) is 2.78. The van der Waals surface area contributed by atoms with E-state index in [0.29, 0.717) is 38.7 Å². The lowest BCUT2D eigenvalue weighted by atomic mass is 10.3. The minimum absolute atomic E-state index is 0. The van der Waals surface area contributed by atoms with Gasteiger partial charge >= 0.3 is 0 Å². The molecule has 0 aliphatic heterocycles. The van der Waals surface area contributed by atoms with Crippen molar-refractivity contribution in [2.24, 2.45) is 5.73 Å². The van der Waals surface area contributed by atoms with E-state index in [1.807, 2.05) is 6.92 Å². The molecule has 0 saturated heterocycles. The Morgan fingerprint density at radius 3 is 2.50 bits per heavy atom. The number of nitrogens with two attached hydrogens (primary N) is 1. The molecule has 1 amide bonds. The zero-order chi connectivity index (χ0) is 15.5. The van der Waals surface area contributed by atoms with Gasteiger partial charge in [0, 0.05) is 18.8 Å². The molecule has 0 bridgehead atoms. The molecule has 0 aromatic heterocycles. The fourth-order valence-corrected chi connectivity index (χ4v) is 1.56. The van der Waals surface area contributed by atoms with Crippen LogP contribution in [0.25, 0.3) is 0 Å². The third kappa shape index (κ3) is 8.19. The Morgan fingerprint density at radius 2 is 1.91 bits per heavy atom. The van der Waals surface area contributed by atoms with Crippen LogP contribution in [0.15, 0.2) is 24.3 Å². The van der Waals surface area contributed by atoms with Crippen LogP contribution in [0.1, 0.15) is 13.8 Å². The molecule has 7 heteroatoms. The highest BCUT2D eigenvalue weighted by Gasteiger charge is 2.13. The normalized spacial score (nSPS) is 11.4.